The van der Waals surface area contributed by atoms with E-state index in [2.05, 4.69) is 10.3 Å². The minimum absolute atomic E-state index is 0.0291. The highest BCUT2D eigenvalue weighted by molar-refractivity contribution is 7.91. The van der Waals surface area contributed by atoms with Crippen LogP contribution in [0.4, 0.5) is 0 Å². The molecule has 0 saturated carbocycles. The van der Waals surface area contributed by atoms with E-state index in [-0.39, 0.29) is 17.4 Å². The summed E-state index contributed by atoms with van der Waals surface area (Å²) in [5, 5.41) is 3.62. The van der Waals surface area contributed by atoms with Crippen LogP contribution >= 0.6 is 11.3 Å². The van der Waals surface area contributed by atoms with Gasteiger partial charge in [0.2, 0.25) is 5.91 Å². The van der Waals surface area contributed by atoms with Crippen LogP contribution < -0.4 is 5.32 Å². The Bertz CT molecular complexity index is 719. The van der Waals surface area contributed by atoms with Crippen molar-refractivity contribution in [3.8, 4) is 0 Å². The molecule has 1 unspecified atom stereocenters. The lowest BCUT2D eigenvalue weighted by Gasteiger charge is -2.07. The van der Waals surface area contributed by atoms with E-state index in [4.69, 9.17) is 0 Å². The van der Waals surface area contributed by atoms with Gasteiger partial charge in [0.25, 0.3) is 0 Å². The molecule has 1 aliphatic heterocycles. The lowest BCUT2D eigenvalue weighted by molar-refractivity contribution is -0.124. The maximum absolute atomic E-state index is 11.9. The van der Waals surface area contributed by atoms with E-state index in [9.17, 15) is 13.2 Å². The van der Waals surface area contributed by atoms with Crippen molar-refractivity contribution in [3.63, 3.8) is 0 Å². The molecule has 3 rings (SSSR count). The van der Waals surface area contributed by atoms with Gasteiger partial charge in [0, 0.05) is 0 Å². The third-order valence-corrected chi connectivity index (χ3v) is 6.16. The second-order valence-corrected chi connectivity index (χ2v) is 8.24. The van der Waals surface area contributed by atoms with Gasteiger partial charge in [-0.3, -0.25) is 4.79 Å². The van der Waals surface area contributed by atoms with Crippen LogP contribution in [0.2, 0.25) is 0 Å². The molecule has 0 radical (unpaired) electrons. The fourth-order valence-corrected chi connectivity index (χ4v) is 4.95. The number of amides is 1. The van der Waals surface area contributed by atoms with Crippen LogP contribution in [0.3, 0.4) is 0 Å². The molecule has 1 fully saturated rings. The van der Waals surface area contributed by atoms with Crippen LogP contribution in [-0.4, -0.2) is 30.8 Å². The molecular formula is C13H14N2O3S2. The zero-order valence-corrected chi connectivity index (χ0v) is 12.3. The van der Waals surface area contributed by atoms with Crippen LogP contribution in [0.25, 0.3) is 10.2 Å². The van der Waals surface area contributed by atoms with Crippen LogP contribution in [-0.2, 0) is 21.2 Å². The number of carbonyl (C=O) groups is 1. The zero-order chi connectivity index (χ0) is 14.2. The number of sulfone groups is 1. The molecule has 1 aromatic heterocycles. The molecule has 1 atom stereocenters. The Morgan fingerprint density at radius 2 is 2.20 bits per heavy atom. The fourth-order valence-electron chi connectivity index (χ4n) is 2.30. The van der Waals surface area contributed by atoms with Crippen LogP contribution in [0.5, 0.6) is 0 Å². The summed E-state index contributed by atoms with van der Waals surface area (Å²) in [7, 11) is -3.02. The SMILES string of the molecule is O=C(NCc1nc2ccccc2s1)C1CCS(=O)(=O)C1. The third-order valence-electron chi connectivity index (χ3n) is 3.36. The number of hydrogen-bond donors (Lipinski definition) is 1. The summed E-state index contributed by atoms with van der Waals surface area (Å²) < 4.78 is 23.8. The van der Waals surface area contributed by atoms with Crippen molar-refractivity contribution in [3.05, 3.63) is 29.3 Å². The third kappa shape index (κ3) is 2.83. The van der Waals surface area contributed by atoms with Gasteiger partial charge >= 0.3 is 0 Å². The van der Waals surface area contributed by atoms with Crippen LogP contribution in [0.1, 0.15) is 11.4 Å². The minimum atomic E-state index is -3.02. The van der Waals surface area contributed by atoms with Crippen molar-refractivity contribution in [2.75, 3.05) is 11.5 Å². The molecule has 1 N–H and O–H groups in total. The standard InChI is InChI=1S/C13H14N2O3S2/c16-13(9-5-6-20(17,18)8-9)14-7-12-15-10-3-1-2-4-11(10)19-12/h1-4,9H,5-8H2,(H,14,16). The Morgan fingerprint density at radius 3 is 2.90 bits per heavy atom. The molecular weight excluding hydrogens is 296 g/mol. The second kappa shape index (κ2) is 5.14. The number of carbonyl (C=O) groups excluding carboxylic acids is 1. The fraction of sp³-hybridized carbons (Fsp3) is 0.385. The lowest BCUT2D eigenvalue weighted by atomic mass is 10.1. The number of nitrogens with zero attached hydrogens (tertiary/aromatic N) is 1. The molecule has 7 heteroatoms. The van der Waals surface area contributed by atoms with Gasteiger partial charge in [-0.2, -0.15) is 0 Å². The molecule has 0 bridgehead atoms. The van der Waals surface area contributed by atoms with Crippen molar-refractivity contribution in [2.45, 2.75) is 13.0 Å². The van der Waals surface area contributed by atoms with Gasteiger partial charge in [0.05, 0.1) is 34.2 Å². The van der Waals surface area contributed by atoms with Gasteiger partial charge in [-0.15, -0.1) is 11.3 Å². The van der Waals surface area contributed by atoms with Gasteiger partial charge in [-0.1, -0.05) is 12.1 Å². The first-order valence-electron chi connectivity index (χ1n) is 6.36. The molecule has 0 aliphatic carbocycles. The smallest absolute Gasteiger partial charge is 0.224 e. The van der Waals surface area contributed by atoms with Crippen molar-refractivity contribution in [2.24, 2.45) is 5.92 Å². The molecule has 20 heavy (non-hydrogen) atoms. The summed E-state index contributed by atoms with van der Waals surface area (Å²) in [6.07, 6.45) is 0.425. The first-order chi connectivity index (χ1) is 9.53. The molecule has 2 heterocycles. The van der Waals surface area contributed by atoms with Gasteiger partial charge in [0.15, 0.2) is 9.84 Å². The van der Waals surface area contributed by atoms with Crippen molar-refractivity contribution < 1.29 is 13.2 Å². The first-order valence-corrected chi connectivity index (χ1v) is 9.00. The molecule has 2 aromatic rings. The van der Waals surface area contributed by atoms with E-state index in [0.717, 1.165) is 15.2 Å². The average Bonchev–Trinajstić information content (AvgIpc) is 2.98. The molecule has 1 aliphatic rings. The van der Waals surface area contributed by atoms with Crippen LogP contribution in [0, 0.1) is 5.92 Å². The largest absolute Gasteiger partial charge is 0.349 e. The summed E-state index contributed by atoms with van der Waals surface area (Å²) in [4.78, 5) is 16.3. The normalized spacial score (nSPS) is 21.1. The Hall–Kier alpha value is -1.47. The van der Waals surface area contributed by atoms with E-state index >= 15 is 0 Å². The Morgan fingerprint density at radius 1 is 1.40 bits per heavy atom. The Balaban J connectivity index is 1.63. The van der Waals surface area contributed by atoms with E-state index < -0.39 is 15.8 Å². The number of hydrogen-bond acceptors (Lipinski definition) is 5. The highest BCUT2D eigenvalue weighted by Gasteiger charge is 2.32. The molecule has 106 valence electrons. The summed E-state index contributed by atoms with van der Waals surface area (Å²) in [6.45, 7) is 0.356. The molecule has 1 amide bonds. The highest BCUT2D eigenvalue weighted by Crippen LogP contribution is 2.22. The molecule has 0 spiro atoms. The van der Waals surface area contributed by atoms with Crippen LogP contribution in [0.15, 0.2) is 24.3 Å². The summed E-state index contributed by atoms with van der Waals surface area (Å²) >= 11 is 1.54. The number of para-hydroxylation sites is 1. The quantitative estimate of drug-likeness (QED) is 0.928. The number of nitrogens with one attached hydrogen (secondary N) is 1. The van der Waals surface area contributed by atoms with Gasteiger partial charge in [-0.25, -0.2) is 13.4 Å². The molecule has 5 nitrogen and oxygen atoms in total. The number of aromatic nitrogens is 1. The number of fused-ring (bicyclic) bond motifs is 1. The van der Waals surface area contributed by atoms with Crippen molar-refractivity contribution in [1.29, 1.82) is 0 Å². The van der Waals surface area contributed by atoms with Crippen molar-refractivity contribution in [1.82, 2.24) is 10.3 Å². The molecule has 1 aromatic carbocycles. The van der Waals surface area contributed by atoms with Gasteiger partial charge in [0.1, 0.15) is 5.01 Å². The maximum atomic E-state index is 11.9. The van der Waals surface area contributed by atoms with E-state index in [1.54, 1.807) is 0 Å². The second-order valence-electron chi connectivity index (χ2n) is 4.89. The number of rotatable bonds is 3. The summed E-state index contributed by atoms with van der Waals surface area (Å²) in [6, 6.07) is 7.79. The maximum Gasteiger partial charge on any atom is 0.224 e. The molecule has 1 saturated heterocycles. The summed E-state index contributed by atoms with van der Waals surface area (Å²) in [5.41, 5.74) is 0.921. The topological polar surface area (TPSA) is 76.1 Å². The Kier molecular flexibility index (Phi) is 3.47. The first kappa shape index (κ1) is 13.5. The zero-order valence-electron chi connectivity index (χ0n) is 10.7. The summed E-state index contributed by atoms with van der Waals surface area (Å²) in [5.74, 6) is -0.509. The van der Waals surface area contributed by atoms with E-state index in [1.165, 1.54) is 11.3 Å². The van der Waals surface area contributed by atoms with Gasteiger partial charge in [-0.05, 0) is 18.6 Å². The van der Waals surface area contributed by atoms with Gasteiger partial charge < -0.3 is 5.32 Å². The van der Waals surface area contributed by atoms with Crippen molar-refractivity contribution >= 4 is 37.3 Å². The number of benzene rings is 1. The Labute approximate surface area is 120 Å². The minimum Gasteiger partial charge on any atom is -0.349 e. The highest BCUT2D eigenvalue weighted by atomic mass is 32.2. The average molecular weight is 310 g/mol. The van der Waals surface area contributed by atoms with E-state index in [0.29, 0.717) is 13.0 Å². The van der Waals surface area contributed by atoms with E-state index in [1.807, 2.05) is 24.3 Å². The predicted octanol–water partition coefficient (Wildman–Crippen LogP) is 1.35. The predicted molar refractivity (Wildman–Crippen MR) is 78.2 cm³/mol. The monoisotopic (exact) mass is 310 g/mol. The number of thiazole rings is 1. The lowest BCUT2D eigenvalue weighted by Crippen LogP contribution is -2.30.